The average Bonchev–Trinajstić information content (AvgIpc) is 2.59. The lowest BCUT2D eigenvalue weighted by molar-refractivity contribution is 0.211. The smallest absolute Gasteiger partial charge is 0.101 e. The first-order valence-corrected chi connectivity index (χ1v) is 8.90. The summed E-state index contributed by atoms with van der Waals surface area (Å²) in [7, 11) is 0. The number of hydrogen-bond acceptors (Lipinski definition) is 1. The maximum atomic E-state index is 10.7. The molecule has 0 aromatic heterocycles. The van der Waals surface area contributed by atoms with Crippen molar-refractivity contribution in [1.29, 1.82) is 0 Å². The molecule has 1 N–H and O–H groups in total. The zero-order valence-electron chi connectivity index (χ0n) is 14.0. The van der Waals surface area contributed by atoms with Gasteiger partial charge in [0.2, 0.25) is 0 Å². The van der Waals surface area contributed by atoms with Gasteiger partial charge in [-0.05, 0) is 67.4 Å². The molecule has 1 atom stereocenters. The van der Waals surface area contributed by atoms with E-state index in [1.165, 1.54) is 18.4 Å². The van der Waals surface area contributed by atoms with E-state index in [0.717, 1.165) is 42.4 Å². The van der Waals surface area contributed by atoms with Crippen molar-refractivity contribution in [2.24, 2.45) is 0 Å². The first-order valence-electron chi connectivity index (χ1n) is 8.52. The number of aliphatic hydroxyl groups is 1. The van der Waals surface area contributed by atoms with Gasteiger partial charge in [0.1, 0.15) is 6.10 Å². The Morgan fingerprint density at radius 3 is 2.48 bits per heavy atom. The van der Waals surface area contributed by atoms with Crippen LogP contribution < -0.4 is 0 Å². The molecule has 1 nitrogen and oxygen atoms in total. The Labute approximate surface area is 145 Å². The molecule has 122 valence electrons. The van der Waals surface area contributed by atoms with E-state index < -0.39 is 6.10 Å². The topological polar surface area (TPSA) is 20.2 Å². The molecule has 0 heterocycles. The van der Waals surface area contributed by atoms with Gasteiger partial charge in [-0.15, -0.1) is 0 Å². The molecule has 1 aliphatic carbocycles. The molecule has 0 bridgehead atoms. The third kappa shape index (κ3) is 4.99. The second-order valence-corrected chi connectivity index (χ2v) is 6.33. The van der Waals surface area contributed by atoms with Gasteiger partial charge >= 0.3 is 0 Å². The highest BCUT2D eigenvalue weighted by molar-refractivity contribution is 6.30. The fourth-order valence-corrected chi connectivity index (χ4v) is 3.05. The van der Waals surface area contributed by atoms with Crippen molar-refractivity contribution in [2.45, 2.75) is 58.5 Å². The van der Waals surface area contributed by atoms with Gasteiger partial charge in [0.25, 0.3) is 0 Å². The van der Waals surface area contributed by atoms with Crippen molar-refractivity contribution in [3.63, 3.8) is 0 Å². The lowest BCUT2D eigenvalue weighted by atomic mass is 9.93. The third-order valence-corrected chi connectivity index (χ3v) is 4.55. The highest BCUT2D eigenvalue weighted by atomic mass is 35.5. The minimum absolute atomic E-state index is 0.609. The van der Waals surface area contributed by atoms with Crippen LogP contribution in [0.4, 0.5) is 0 Å². The van der Waals surface area contributed by atoms with Crippen molar-refractivity contribution < 1.29 is 5.11 Å². The van der Waals surface area contributed by atoms with Crippen molar-refractivity contribution in [1.82, 2.24) is 0 Å². The van der Waals surface area contributed by atoms with Gasteiger partial charge in [0.05, 0.1) is 0 Å². The lowest BCUT2D eigenvalue weighted by Crippen LogP contribution is -2.04. The molecular formula is C21H25ClO. The van der Waals surface area contributed by atoms with Crippen LogP contribution in [0.2, 0.25) is 5.02 Å². The molecule has 0 amide bonds. The fourth-order valence-electron chi connectivity index (χ4n) is 2.92. The van der Waals surface area contributed by atoms with Gasteiger partial charge in [0.15, 0.2) is 0 Å². The zero-order valence-corrected chi connectivity index (χ0v) is 14.8. The Kier molecular flexibility index (Phi) is 6.96. The van der Waals surface area contributed by atoms with Gasteiger partial charge in [0, 0.05) is 10.6 Å². The Morgan fingerprint density at radius 2 is 1.91 bits per heavy atom. The first-order chi connectivity index (χ1) is 11.2. The summed E-state index contributed by atoms with van der Waals surface area (Å²) in [5.74, 6) is 6.65. The van der Waals surface area contributed by atoms with Crippen molar-refractivity contribution in [3.05, 3.63) is 57.6 Å². The summed E-state index contributed by atoms with van der Waals surface area (Å²) in [6.07, 6.45) is 8.02. The SMILES string of the molecule is CC/C(C#CC1=CCCCC1)=C(\CC)C(O)c1ccc(Cl)cc1. The van der Waals surface area contributed by atoms with Crippen LogP contribution in [-0.2, 0) is 0 Å². The van der Waals surface area contributed by atoms with E-state index in [1.54, 1.807) is 0 Å². The predicted molar refractivity (Wildman–Crippen MR) is 98.3 cm³/mol. The van der Waals surface area contributed by atoms with Crippen molar-refractivity contribution >= 4 is 11.6 Å². The van der Waals surface area contributed by atoms with E-state index in [9.17, 15) is 5.11 Å². The standard InChI is InChI=1S/C21H25ClO/c1-3-17(11-10-16-8-6-5-7-9-16)20(4-2)21(23)18-12-14-19(22)15-13-18/h8,12-15,21,23H,3-7,9H2,1-2H3/b20-17-. The Hall–Kier alpha value is -1.49. The van der Waals surface area contributed by atoms with Crippen LogP contribution in [0.3, 0.4) is 0 Å². The number of hydrogen-bond donors (Lipinski definition) is 1. The summed E-state index contributed by atoms with van der Waals surface area (Å²) in [6.45, 7) is 4.18. The molecule has 0 saturated heterocycles. The molecule has 0 fully saturated rings. The Bertz CT molecular complexity index is 641. The number of halogens is 1. The molecule has 0 radical (unpaired) electrons. The highest BCUT2D eigenvalue weighted by Crippen LogP contribution is 2.29. The monoisotopic (exact) mass is 328 g/mol. The maximum Gasteiger partial charge on any atom is 0.101 e. The lowest BCUT2D eigenvalue weighted by Gasteiger charge is -2.17. The van der Waals surface area contributed by atoms with Crippen LogP contribution in [0.15, 0.2) is 47.1 Å². The van der Waals surface area contributed by atoms with Crippen LogP contribution >= 0.6 is 11.6 Å². The van der Waals surface area contributed by atoms with E-state index in [4.69, 9.17) is 11.6 Å². The average molecular weight is 329 g/mol. The molecule has 23 heavy (non-hydrogen) atoms. The van der Waals surface area contributed by atoms with E-state index in [0.29, 0.717) is 5.02 Å². The zero-order chi connectivity index (χ0) is 16.7. The molecule has 2 rings (SSSR count). The third-order valence-electron chi connectivity index (χ3n) is 4.30. The molecule has 0 spiro atoms. The fraction of sp³-hybridized carbons (Fsp3) is 0.429. The van der Waals surface area contributed by atoms with E-state index >= 15 is 0 Å². The van der Waals surface area contributed by atoms with Crippen molar-refractivity contribution in [2.75, 3.05) is 0 Å². The van der Waals surface area contributed by atoms with Crippen LogP contribution in [-0.4, -0.2) is 5.11 Å². The predicted octanol–water partition coefficient (Wildman–Crippen LogP) is 5.99. The van der Waals surface area contributed by atoms with Crippen molar-refractivity contribution in [3.8, 4) is 11.8 Å². The number of allylic oxidation sites excluding steroid dienone is 3. The minimum Gasteiger partial charge on any atom is -0.384 e. The quantitative estimate of drug-likeness (QED) is 0.673. The van der Waals surface area contributed by atoms with E-state index in [2.05, 4.69) is 31.8 Å². The molecule has 1 aromatic carbocycles. The van der Waals surface area contributed by atoms with E-state index in [1.807, 2.05) is 24.3 Å². The van der Waals surface area contributed by atoms with Gasteiger partial charge in [-0.3, -0.25) is 0 Å². The maximum absolute atomic E-state index is 10.7. The largest absolute Gasteiger partial charge is 0.384 e. The molecule has 0 aliphatic heterocycles. The Balaban J connectivity index is 2.29. The number of rotatable bonds is 4. The van der Waals surface area contributed by atoms with Crippen LogP contribution in [0.25, 0.3) is 0 Å². The number of benzene rings is 1. The number of aliphatic hydroxyl groups excluding tert-OH is 1. The molecule has 1 aromatic rings. The summed E-state index contributed by atoms with van der Waals surface area (Å²) in [6, 6.07) is 7.40. The second kappa shape index (κ2) is 8.96. The summed E-state index contributed by atoms with van der Waals surface area (Å²) in [5.41, 5.74) is 4.19. The van der Waals surface area contributed by atoms with Gasteiger partial charge in [-0.2, -0.15) is 0 Å². The highest BCUT2D eigenvalue weighted by Gasteiger charge is 2.15. The molecule has 1 aliphatic rings. The molecule has 0 saturated carbocycles. The molecule has 2 heteroatoms. The summed E-state index contributed by atoms with van der Waals surface area (Å²) >= 11 is 5.93. The first kappa shape index (κ1) is 17.9. The van der Waals surface area contributed by atoms with E-state index in [-0.39, 0.29) is 0 Å². The minimum atomic E-state index is -0.609. The summed E-state index contributed by atoms with van der Waals surface area (Å²) in [5, 5.41) is 11.4. The van der Waals surface area contributed by atoms with Gasteiger partial charge < -0.3 is 5.11 Å². The summed E-state index contributed by atoms with van der Waals surface area (Å²) < 4.78 is 0. The molecular weight excluding hydrogens is 304 g/mol. The Morgan fingerprint density at radius 1 is 1.17 bits per heavy atom. The normalized spacial score (nSPS) is 16.8. The van der Waals surface area contributed by atoms with Gasteiger partial charge in [-0.25, -0.2) is 0 Å². The van der Waals surface area contributed by atoms with Crippen LogP contribution in [0.5, 0.6) is 0 Å². The van der Waals surface area contributed by atoms with Gasteiger partial charge in [-0.1, -0.05) is 55.5 Å². The van der Waals surface area contributed by atoms with Crippen LogP contribution in [0, 0.1) is 11.8 Å². The summed E-state index contributed by atoms with van der Waals surface area (Å²) in [4.78, 5) is 0. The van der Waals surface area contributed by atoms with Crippen LogP contribution in [0.1, 0.15) is 64.0 Å². The molecule has 1 unspecified atom stereocenters. The second-order valence-electron chi connectivity index (χ2n) is 5.89.